The average molecular weight is 362 g/mol. The molecule has 23 heavy (non-hydrogen) atoms. The number of carbonyl (C=O) groups excluding carboxylic acids is 1. The summed E-state index contributed by atoms with van der Waals surface area (Å²) < 4.78 is 0. The Morgan fingerprint density at radius 1 is 1.35 bits per heavy atom. The first kappa shape index (κ1) is 22.2. The van der Waals surface area contributed by atoms with Gasteiger partial charge in [-0.3, -0.25) is 9.69 Å². The monoisotopic (exact) mass is 361 g/mol. The maximum atomic E-state index is 13.0. The first-order valence-corrected chi connectivity index (χ1v) is 7.88. The van der Waals surface area contributed by atoms with Crippen LogP contribution in [0.1, 0.15) is 31.4 Å². The summed E-state index contributed by atoms with van der Waals surface area (Å²) in [4.78, 5) is 17.2. The predicted molar refractivity (Wildman–Crippen MR) is 101 cm³/mol. The minimum absolute atomic E-state index is 0. The van der Waals surface area contributed by atoms with Crippen molar-refractivity contribution in [3.8, 4) is 0 Å². The Bertz CT molecular complexity index is 458. The van der Waals surface area contributed by atoms with E-state index in [-0.39, 0.29) is 36.8 Å². The lowest BCUT2D eigenvalue weighted by Gasteiger charge is -2.37. The van der Waals surface area contributed by atoms with Gasteiger partial charge in [-0.2, -0.15) is 0 Å². The first-order chi connectivity index (χ1) is 10.2. The number of hydrogen-bond donors (Lipinski definition) is 1. The van der Waals surface area contributed by atoms with E-state index in [9.17, 15) is 4.79 Å². The Hall–Kier alpha value is -0.810. The minimum Gasteiger partial charge on any atom is -0.339 e. The summed E-state index contributed by atoms with van der Waals surface area (Å²) in [7, 11) is 4.00. The highest BCUT2D eigenvalue weighted by Gasteiger charge is 2.31. The average Bonchev–Trinajstić information content (AvgIpc) is 2.55. The molecule has 4 nitrogen and oxygen atoms in total. The van der Waals surface area contributed by atoms with Gasteiger partial charge in [-0.1, -0.05) is 37.3 Å². The number of amides is 1. The lowest BCUT2D eigenvalue weighted by Crippen LogP contribution is -2.50. The summed E-state index contributed by atoms with van der Waals surface area (Å²) in [5, 5.41) is 3.30. The topological polar surface area (TPSA) is 35.6 Å². The minimum atomic E-state index is -0.174. The van der Waals surface area contributed by atoms with Gasteiger partial charge >= 0.3 is 0 Å². The van der Waals surface area contributed by atoms with Gasteiger partial charge in [0.1, 0.15) is 6.04 Å². The van der Waals surface area contributed by atoms with E-state index in [2.05, 4.69) is 17.1 Å². The number of piperidine rings is 1. The van der Waals surface area contributed by atoms with Crippen LogP contribution in [0.5, 0.6) is 0 Å². The van der Waals surface area contributed by atoms with E-state index in [0.29, 0.717) is 6.04 Å². The molecule has 2 rings (SSSR count). The molecule has 1 aromatic carbocycles. The Morgan fingerprint density at radius 3 is 2.57 bits per heavy atom. The van der Waals surface area contributed by atoms with E-state index in [0.717, 1.165) is 38.0 Å². The number of hydrogen-bond acceptors (Lipinski definition) is 3. The van der Waals surface area contributed by atoms with Crippen molar-refractivity contribution in [3.63, 3.8) is 0 Å². The molecule has 1 heterocycles. The highest BCUT2D eigenvalue weighted by atomic mass is 35.5. The second kappa shape index (κ2) is 10.9. The van der Waals surface area contributed by atoms with E-state index in [1.54, 1.807) is 0 Å². The molecule has 1 aliphatic heterocycles. The maximum Gasteiger partial charge on any atom is 0.244 e. The number of likely N-dealkylation sites (tertiary alicyclic amines) is 1. The highest BCUT2D eigenvalue weighted by Crippen LogP contribution is 2.23. The Balaban J connectivity index is 0.00000242. The van der Waals surface area contributed by atoms with Crippen LogP contribution >= 0.6 is 24.8 Å². The number of nitrogens with one attached hydrogen (secondary N) is 1. The molecule has 2 unspecified atom stereocenters. The molecule has 1 N–H and O–H groups in total. The number of benzene rings is 1. The number of rotatable bonds is 5. The maximum absolute atomic E-state index is 13.0. The van der Waals surface area contributed by atoms with E-state index < -0.39 is 0 Å². The molecule has 1 amide bonds. The molecule has 0 aliphatic carbocycles. The molecule has 0 spiro atoms. The third-order valence-corrected chi connectivity index (χ3v) is 4.43. The van der Waals surface area contributed by atoms with Crippen molar-refractivity contribution >= 4 is 30.7 Å². The number of halogens is 2. The van der Waals surface area contributed by atoms with E-state index in [4.69, 9.17) is 0 Å². The third-order valence-electron chi connectivity index (χ3n) is 4.43. The van der Waals surface area contributed by atoms with Gasteiger partial charge in [0.2, 0.25) is 5.91 Å². The van der Waals surface area contributed by atoms with Gasteiger partial charge in [0.15, 0.2) is 0 Å². The lowest BCUT2D eigenvalue weighted by molar-refractivity contribution is -0.138. The van der Waals surface area contributed by atoms with E-state index in [1.807, 2.05) is 49.3 Å². The molecule has 0 aromatic heterocycles. The van der Waals surface area contributed by atoms with Crippen molar-refractivity contribution in [2.75, 3.05) is 33.7 Å². The van der Waals surface area contributed by atoms with Gasteiger partial charge in [-0.05, 0) is 39.0 Å². The van der Waals surface area contributed by atoms with Crippen LogP contribution in [-0.2, 0) is 4.79 Å². The van der Waals surface area contributed by atoms with E-state index in [1.165, 1.54) is 0 Å². The zero-order valence-electron chi connectivity index (χ0n) is 14.2. The van der Waals surface area contributed by atoms with E-state index >= 15 is 0 Å². The van der Waals surface area contributed by atoms with Crippen molar-refractivity contribution < 1.29 is 4.79 Å². The quantitative estimate of drug-likeness (QED) is 0.875. The normalized spacial score (nSPS) is 18.8. The van der Waals surface area contributed by atoms with Gasteiger partial charge in [0.25, 0.3) is 0 Å². The molecule has 0 bridgehead atoms. The summed E-state index contributed by atoms with van der Waals surface area (Å²) in [6, 6.07) is 10.4. The second-order valence-corrected chi connectivity index (χ2v) is 5.80. The number of nitrogens with zero attached hydrogens (tertiary/aromatic N) is 2. The van der Waals surface area contributed by atoms with Crippen LogP contribution in [0.3, 0.4) is 0 Å². The fourth-order valence-corrected chi connectivity index (χ4v) is 2.99. The Kier molecular flexibility index (Phi) is 10.5. The van der Waals surface area contributed by atoms with Crippen molar-refractivity contribution in [2.24, 2.45) is 0 Å². The molecule has 2 atom stereocenters. The standard InChI is InChI=1S/C17H27N3O.2ClH/c1-4-19(3)16(14-9-6-5-7-10-14)17(21)20-12-8-11-15(13-20)18-2;;/h5-7,9-10,15-16,18H,4,8,11-13H2,1-3H3;2*1H. The highest BCUT2D eigenvalue weighted by molar-refractivity contribution is 5.85. The lowest BCUT2D eigenvalue weighted by atomic mass is 10.0. The smallest absolute Gasteiger partial charge is 0.244 e. The zero-order valence-corrected chi connectivity index (χ0v) is 15.8. The first-order valence-electron chi connectivity index (χ1n) is 7.88. The van der Waals surface area contributed by atoms with Crippen LogP contribution in [0.4, 0.5) is 0 Å². The van der Waals surface area contributed by atoms with Crippen LogP contribution in [-0.4, -0.2) is 55.5 Å². The molecule has 0 saturated carbocycles. The van der Waals surface area contributed by atoms with Gasteiger partial charge in [0.05, 0.1) is 0 Å². The summed E-state index contributed by atoms with van der Waals surface area (Å²) in [6.07, 6.45) is 2.23. The zero-order chi connectivity index (χ0) is 15.2. The van der Waals surface area contributed by atoms with Crippen molar-refractivity contribution in [2.45, 2.75) is 31.8 Å². The largest absolute Gasteiger partial charge is 0.339 e. The van der Waals surface area contributed by atoms with Crippen LogP contribution in [0.15, 0.2) is 30.3 Å². The third kappa shape index (κ3) is 5.64. The molecular weight excluding hydrogens is 333 g/mol. The van der Waals surface area contributed by atoms with Gasteiger partial charge < -0.3 is 10.2 Å². The Labute approximate surface area is 152 Å². The summed E-state index contributed by atoms with van der Waals surface area (Å²) in [5.74, 6) is 0.227. The van der Waals surface area contributed by atoms with Gasteiger partial charge in [-0.15, -0.1) is 24.8 Å². The molecule has 1 aromatic rings. The van der Waals surface area contributed by atoms with Crippen LogP contribution in [0.2, 0.25) is 0 Å². The Morgan fingerprint density at radius 2 is 2.00 bits per heavy atom. The molecular formula is C17H29Cl2N3O. The van der Waals surface area contributed by atoms with Crippen LogP contribution in [0, 0.1) is 0 Å². The van der Waals surface area contributed by atoms with Crippen molar-refractivity contribution in [1.82, 2.24) is 15.1 Å². The van der Waals surface area contributed by atoms with Crippen molar-refractivity contribution in [3.05, 3.63) is 35.9 Å². The SMILES string of the molecule is CCN(C)C(C(=O)N1CCCC(NC)C1)c1ccccc1.Cl.Cl. The molecule has 132 valence electrons. The fraction of sp³-hybridized carbons (Fsp3) is 0.588. The molecule has 0 radical (unpaired) electrons. The summed E-state index contributed by atoms with van der Waals surface area (Å²) in [5.41, 5.74) is 1.08. The number of carbonyl (C=O) groups is 1. The number of likely N-dealkylation sites (N-methyl/N-ethyl adjacent to an activating group) is 2. The molecule has 6 heteroatoms. The molecule has 1 fully saturated rings. The van der Waals surface area contributed by atoms with Crippen LogP contribution < -0.4 is 5.32 Å². The molecule has 1 aliphatic rings. The van der Waals surface area contributed by atoms with Gasteiger partial charge in [-0.25, -0.2) is 0 Å². The van der Waals surface area contributed by atoms with Gasteiger partial charge in [0, 0.05) is 19.1 Å². The summed E-state index contributed by atoms with van der Waals surface area (Å²) in [6.45, 7) is 4.64. The fourth-order valence-electron chi connectivity index (χ4n) is 2.99. The second-order valence-electron chi connectivity index (χ2n) is 5.80. The molecule has 1 saturated heterocycles. The van der Waals surface area contributed by atoms with Crippen LogP contribution in [0.25, 0.3) is 0 Å². The van der Waals surface area contributed by atoms with Crippen molar-refractivity contribution in [1.29, 1.82) is 0 Å². The summed E-state index contributed by atoms with van der Waals surface area (Å²) >= 11 is 0. The predicted octanol–water partition coefficient (Wildman–Crippen LogP) is 2.73.